The summed E-state index contributed by atoms with van der Waals surface area (Å²) in [5, 5.41) is 6.94. The van der Waals surface area contributed by atoms with Crippen LogP contribution in [0.1, 0.15) is 0 Å². The normalized spacial score (nSPS) is 11.6. The first-order chi connectivity index (χ1) is 27.3. The van der Waals surface area contributed by atoms with Gasteiger partial charge in [-0.1, -0.05) is 152 Å². The molecule has 3 heterocycles. The summed E-state index contributed by atoms with van der Waals surface area (Å²) in [6.07, 6.45) is 1.87. The van der Waals surface area contributed by atoms with Crippen molar-refractivity contribution in [2.24, 2.45) is 0 Å². The van der Waals surface area contributed by atoms with Crippen LogP contribution in [0.15, 0.2) is 188 Å². The molecule has 0 radical (unpaired) electrons. The molecule has 11 rings (SSSR count). The van der Waals surface area contributed by atoms with E-state index in [0.717, 1.165) is 70.9 Å². The maximum atomic E-state index is 5.39. The Bertz CT molecular complexity index is 3260. The third-order valence-electron chi connectivity index (χ3n) is 10.7. The summed E-state index contributed by atoms with van der Waals surface area (Å²) in [6, 6.07) is 64.9. The molecular weight excluding hydrogens is 687 g/mol. The van der Waals surface area contributed by atoms with Crippen LogP contribution in [-0.2, 0) is 0 Å². The van der Waals surface area contributed by atoms with E-state index in [1.165, 1.54) is 37.9 Å². The minimum Gasteiger partial charge on any atom is -0.256 e. The van der Waals surface area contributed by atoms with E-state index in [4.69, 9.17) is 15.0 Å². The maximum absolute atomic E-state index is 5.39. The highest BCUT2D eigenvalue weighted by atomic mass is 32.1. The Morgan fingerprint density at radius 1 is 0.364 bits per heavy atom. The van der Waals surface area contributed by atoms with Crippen LogP contribution < -0.4 is 0 Å². The van der Waals surface area contributed by atoms with Gasteiger partial charge in [0.1, 0.15) is 0 Å². The van der Waals surface area contributed by atoms with Crippen molar-refractivity contribution in [3.8, 4) is 56.0 Å². The van der Waals surface area contributed by atoms with Gasteiger partial charge in [-0.25, -0.2) is 9.97 Å². The first-order valence-corrected chi connectivity index (χ1v) is 19.3. The number of benzene rings is 8. The van der Waals surface area contributed by atoms with E-state index < -0.39 is 0 Å². The molecule has 11 aromatic rings. The molecule has 0 saturated heterocycles. The van der Waals surface area contributed by atoms with Crippen LogP contribution in [0, 0.1) is 0 Å². The summed E-state index contributed by atoms with van der Waals surface area (Å²) >= 11 is 1.76. The van der Waals surface area contributed by atoms with Gasteiger partial charge in [-0.2, -0.15) is 0 Å². The van der Waals surface area contributed by atoms with Gasteiger partial charge in [0.15, 0.2) is 5.82 Å². The monoisotopic (exact) mass is 717 g/mol. The van der Waals surface area contributed by atoms with Crippen molar-refractivity contribution in [1.29, 1.82) is 0 Å². The summed E-state index contributed by atoms with van der Waals surface area (Å²) in [5.41, 5.74) is 12.2. The van der Waals surface area contributed by atoms with Crippen LogP contribution in [0.3, 0.4) is 0 Å². The van der Waals surface area contributed by atoms with Crippen LogP contribution in [0.4, 0.5) is 0 Å². The predicted octanol–water partition coefficient (Wildman–Crippen LogP) is 14.0. The molecule has 4 heteroatoms. The largest absolute Gasteiger partial charge is 0.256 e. The molecule has 55 heavy (non-hydrogen) atoms. The minimum absolute atomic E-state index is 0.728. The molecule has 0 unspecified atom stereocenters. The molecule has 256 valence electrons. The summed E-state index contributed by atoms with van der Waals surface area (Å²) in [7, 11) is 0. The third kappa shape index (κ3) is 5.30. The van der Waals surface area contributed by atoms with Crippen molar-refractivity contribution in [2.45, 2.75) is 0 Å². The highest BCUT2D eigenvalue weighted by molar-refractivity contribution is 7.26. The number of hydrogen-bond acceptors (Lipinski definition) is 4. The average molecular weight is 718 g/mol. The number of hydrogen-bond donors (Lipinski definition) is 0. The molecule has 3 nitrogen and oxygen atoms in total. The zero-order valence-corrected chi connectivity index (χ0v) is 30.5. The second-order valence-electron chi connectivity index (χ2n) is 13.9. The molecule has 0 amide bonds. The zero-order valence-electron chi connectivity index (χ0n) is 29.6. The fourth-order valence-electron chi connectivity index (χ4n) is 8.11. The second-order valence-corrected chi connectivity index (χ2v) is 15.0. The molecule has 0 aliphatic rings. The van der Waals surface area contributed by atoms with Crippen molar-refractivity contribution in [3.05, 3.63) is 188 Å². The number of aromatic nitrogens is 3. The van der Waals surface area contributed by atoms with Crippen molar-refractivity contribution in [2.75, 3.05) is 0 Å². The molecule has 0 atom stereocenters. The van der Waals surface area contributed by atoms with Gasteiger partial charge in [0.25, 0.3) is 0 Å². The van der Waals surface area contributed by atoms with Gasteiger partial charge in [-0.05, 0) is 79.9 Å². The number of rotatable bonds is 5. The van der Waals surface area contributed by atoms with E-state index in [-0.39, 0.29) is 0 Å². The lowest BCUT2D eigenvalue weighted by molar-refractivity contribution is 1.24. The molecule has 8 aromatic carbocycles. The fourth-order valence-corrected chi connectivity index (χ4v) is 9.27. The van der Waals surface area contributed by atoms with Crippen molar-refractivity contribution >= 4 is 64.1 Å². The van der Waals surface area contributed by atoms with Crippen LogP contribution in [-0.4, -0.2) is 15.0 Å². The third-order valence-corrected chi connectivity index (χ3v) is 11.9. The number of nitrogens with zero attached hydrogens (tertiary/aromatic N) is 3. The number of fused-ring (bicyclic) bond motifs is 7. The van der Waals surface area contributed by atoms with Crippen LogP contribution in [0.25, 0.3) is 109 Å². The van der Waals surface area contributed by atoms with Gasteiger partial charge >= 0.3 is 0 Å². The molecular formula is C51H31N3S. The van der Waals surface area contributed by atoms with Crippen LogP contribution >= 0.6 is 11.3 Å². The van der Waals surface area contributed by atoms with E-state index in [9.17, 15) is 0 Å². The summed E-state index contributed by atoms with van der Waals surface area (Å²) in [5.74, 6) is 0.728. The van der Waals surface area contributed by atoms with Gasteiger partial charge in [0.05, 0.1) is 21.4 Å². The van der Waals surface area contributed by atoms with Gasteiger partial charge in [0.2, 0.25) is 0 Å². The van der Waals surface area contributed by atoms with Gasteiger partial charge < -0.3 is 0 Å². The predicted molar refractivity (Wildman–Crippen MR) is 232 cm³/mol. The highest BCUT2D eigenvalue weighted by Crippen LogP contribution is 2.42. The van der Waals surface area contributed by atoms with Crippen molar-refractivity contribution < 1.29 is 0 Å². The summed E-state index contributed by atoms with van der Waals surface area (Å²) in [4.78, 5) is 15.5. The second kappa shape index (κ2) is 12.8. The van der Waals surface area contributed by atoms with Crippen molar-refractivity contribution in [3.63, 3.8) is 0 Å². The molecule has 0 aliphatic heterocycles. The average Bonchev–Trinajstić information content (AvgIpc) is 3.64. The molecule has 0 saturated carbocycles. The number of thiophene rings is 1. The maximum Gasteiger partial charge on any atom is 0.161 e. The van der Waals surface area contributed by atoms with Gasteiger partial charge in [-0.3, -0.25) is 4.98 Å². The van der Waals surface area contributed by atoms with Gasteiger partial charge in [0, 0.05) is 38.2 Å². The molecule has 0 N–H and O–H groups in total. The topological polar surface area (TPSA) is 38.7 Å². The number of pyridine rings is 1. The van der Waals surface area contributed by atoms with E-state index in [1.54, 1.807) is 11.3 Å². The Kier molecular flexibility index (Phi) is 7.35. The smallest absolute Gasteiger partial charge is 0.161 e. The van der Waals surface area contributed by atoms with Crippen LogP contribution in [0.5, 0.6) is 0 Å². The summed E-state index contributed by atoms with van der Waals surface area (Å²) in [6.45, 7) is 0. The lowest BCUT2D eigenvalue weighted by Gasteiger charge is -2.14. The zero-order chi connectivity index (χ0) is 36.3. The Hall–Kier alpha value is -7.01. The molecule has 0 fully saturated rings. The quantitative estimate of drug-likeness (QED) is 0.166. The van der Waals surface area contributed by atoms with E-state index in [1.807, 2.05) is 12.3 Å². The Morgan fingerprint density at radius 3 is 1.76 bits per heavy atom. The van der Waals surface area contributed by atoms with E-state index in [2.05, 4.69) is 176 Å². The molecule has 0 spiro atoms. The Labute approximate surface area is 321 Å². The van der Waals surface area contributed by atoms with Crippen LogP contribution in [0.2, 0.25) is 0 Å². The van der Waals surface area contributed by atoms with E-state index >= 15 is 0 Å². The molecule has 0 aliphatic carbocycles. The van der Waals surface area contributed by atoms with Crippen molar-refractivity contribution in [1.82, 2.24) is 15.0 Å². The highest BCUT2D eigenvalue weighted by Gasteiger charge is 2.19. The lowest BCUT2D eigenvalue weighted by atomic mass is 9.91. The standard InChI is InChI=1S/C51H31N3S/c1-2-12-32(13-3-1)33-23-25-34(26-24-33)48-50-49(44-21-8-9-22-46(44)55-50)54-51(53-48)43-28-27-38(39-17-4-5-18-40(39)43)35-14-10-15-36(30-35)45-31-37-16-11-29-52-47(37)42-20-7-6-19-41(42)45/h1-31H. The molecule has 0 bridgehead atoms. The lowest BCUT2D eigenvalue weighted by Crippen LogP contribution is -1.95. The fraction of sp³-hybridized carbons (Fsp3) is 0. The Morgan fingerprint density at radius 2 is 0.964 bits per heavy atom. The summed E-state index contributed by atoms with van der Waals surface area (Å²) < 4.78 is 2.31. The SMILES string of the molecule is c1ccc(-c2ccc(-c3nc(-c4ccc(-c5cccc(-c6cc7cccnc7c7ccccc67)c5)c5ccccc45)nc4c3sc3ccccc34)cc2)cc1. The van der Waals surface area contributed by atoms with E-state index in [0.29, 0.717) is 0 Å². The first-order valence-electron chi connectivity index (χ1n) is 18.5. The van der Waals surface area contributed by atoms with Gasteiger partial charge in [-0.15, -0.1) is 11.3 Å². The molecule has 3 aromatic heterocycles. The Balaban J connectivity index is 1.07. The first kappa shape index (κ1) is 31.5. The minimum atomic E-state index is 0.728.